The van der Waals surface area contributed by atoms with Gasteiger partial charge in [-0.1, -0.05) is 31.4 Å². The summed E-state index contributed by atoms with van der Waals surface area (Å²) in [4.78, 5) is 0. The number of nitrogens with one attached hydrogen (secondary N) is 1. The molecule has 0 bridgehead atoms. The van der Waals surface area contributed by atoms with Crippen LogP contribution < -0.4 is 10.1 Å². The van der Waals surface area contributed by atoms with Crippen molar-refractivity contribution in [2.45, 2.75) is 44.6 Å². The number of benzene rings is 1. The average Bonchev–Trinajstić information content (AvgIpc) is 2.83. The van der Waals surface area contributed by atoms with E-state index in [9.17, 15) is 0 Å². The lowest BCUT2D eigenvalue weighted by Crippen LogP contribution is -2.28. The summed E-state index contributed by atoms with van der Waals surface area (Å²) in [6, 6.07) is 7.02. The maximum atomic E-state index is 5.43. The zero-order valence-electron chi connectivity index (χ0n) is 10.5. The van der Waals surface area contributed by atoms with Gasteiger partial charge in [-0.05, 0) is 36.8 Å². The predicted molar refractivity (Wildman–Crippen MR) is 70.7 cm³/mol. The molecule has 0 spiro atoms. The Morgan fingerprint density at radius 1 is 1.18 bits per heavy atom. The third-order valence-electron chi connectivity index (χ3n) is 4.32. The average molecular weight is 231 g/mol. The summed E-state index contributed by atoms with van der Waals surface area (Å²) in [5.41, 5.74) is 2.67. The molecule has 92 valence electrons. The van der Waals surface area contributed by atoms with Crippen molar-refractivity contribution < 1.29 is 4.74 Å². The lowest BCUT2D eigenvalue weighted by atomic mass is 9.83. The third kappa shape index (κ3) is 2.01. The van der Waals surface area contributed by atoms with Crippen LogP contribution in [0.15, 0.2) is 18.2 Å². The predicted octanol–water partition coefficient (Wildman–Crippen LogP) is 3.61. The molecular formula is C15H21NO. The molecule has 1 aromatic carbocycles. The van der Waals surface area contributed by atoms with Gasteiger partial charge in [-0.2, -0.15) is 0 Å². The van der Waals surface area contributed by atoms with Gasteiger partial charge in [-0.15, -0.1) is 0 Å². The van der Waals surface area contributed by atoms with Crippen molar-refractivity contribution in [1.82, 2.24) is 0 Å². The monoisotopic (exact) mass is 231 g/mol. The Labute approximate surface area is 103 Å². The molecule has 17 heavy (non-hydrogen) atoms. The van der Waals surface area contributed by atoms with E-state index in [0.717, 1.165) is 11.7 Å². The van der Waals surface area contributed by atoms with Crippen LogP contribution in [0.5, 0.6) is 5.75 Å². The highest BCUT2D eigenvalue weighted by atomic mass is 16.5. The summed E-state index contributed by atoms with van der Waals surface area (Å²) in [6.45, 7) is 0. The van der Waals surface area contributed by atoms with E-state index in [-0.39, 0.29) is 0 Å². The van der Waals surface area contributed by atoms with Crippen LogP contribution in [0.3, 0.4) is 0 Å². The van der Waals surface area contributed by atoms with Crippen LogP contribution in [0.2, 0.25) is 0 Å². The van der Waals surface area contributed by atoms with Crippen molar-refractivity contribution >= 4 is 5.69 Å². The van der Waals surface area contributed by atoms with E-state index in [2.05, 4.69) is 23.5 Å². The standard InChI is InChI=1S/C15H21NO/c1-17-14-9-5-8-12-10-13(16-15(12)14)11-6-3-2-4-7-11/h5,8-9,11,13,16H,2-4,6-7,10H2,1H3. The minimum atomic E-state index is 0.640. The van der Waals surface area contributed by atoms with Gasteiger partial charge in [0.05, 0.1) is 12.8 Å². The van der Waals surface area contributed by atoms with Crippen LogP contribution in [0.25, 0.3) is 0 Å². The van der Waals surface area contributed by atoms with Gasteiger partial charge in [-0.3, -0.25) is 0 Å². The molecule has 0 aromatic heterocycles. The summed E-state index contributed by atoms with van der Waals surface area (Å²) in [6.07, 6.45) is 8.23. The number of anilines is 1. The van der Waals surface area contributed by atoms with Gasteiger partial charge in [0, 0.05) is 6.04 Å². The van der Waals surface area contributed by atoms with Crippen molar-refractivity contribution in [3.8, 4) is 5.75 Å². The first-order chi connectivity index (χ1) is 8.38. The Balaban J connectivity index is 1.77. The Hall–Kier alpha value is -1.18. The number of hydrogen-bond donors (Lipinski definition) is 1. The quantitative estimate of drug-likeness (QED) is 0.839. The summed E-state index contributed by atoms with van der Waals surface area (Å²) in [5.74, 6) is 1.86. The molecule has 1 aliphatic carbocycles. The van der Waals surface area contributed by atoms with Crippen LogP contribution in [0.4, 0.5) is 5.69 Å². The van der Waals surface area contributed by atoms with Crippen LogP contribution in [-0.4, -0.2) is 13.2 Å². The number of rotatable bonds is 2. The molecular weight excluding hydrogens is 210 g/mol. The zero-order valence-corrected chi connectivity index (χ0v) is 10.5. The number of methoxy groups -OCH3 is 1. The van der Waals surface area contributed by atoms with Crippen molar-refractivity contribution in [3.05, 3.63) is 23.8 Å². The fourth-order valence-electron chi connectivity index (χ4n) is 3.38. The Kier molecular flexibility index (Phi) is 2.96. The first-order valence-electron chi connectivity index (χ1n) is 6.81. The summed E-state index contributed by atoms with van der Waals surface area (Å²) in [7, 11) is 1.76. The molecule has 1 saturated carbocycles. The Morgan fingerprint density at radius 3 is 2.76 bits per heavy atom. The second-order valence-corrected chi connectivity index (χ2v) is 5.35. The molecule has 1 unspecified atom stereocenters. The molecule has 1 aliphatic heterocycles. The lowest BCUT2D eigenvalue weighted by Gasteiger charge is -2.27. The SMILES string of the molecule is COc1cccc2c1NC(C1CCCCC1)C2. The fraction of sp³-hybridized carbons (Fsp3) is 0.600. The summed E-state index contributed by atoms with van der Waals surface area (Å²) in [5, 5.41) is 3.70. The molecule has 1 atom stereocenters. The molecule has 1 aromatic rings. The van der Waals surface area contributed by atoms with Crippen molar-refractivity contribution in [1.29, 1.82) is 0 Å². The lowest BCUT2D eigenvalue weighted by molar-refractivity contribution is 0.321. The van der Waals surface area contributed by atoms with Crippen molar-refractivity contribution in [2.24, 2.45) is 5.92 Å². The fourth-order valence-corrected chi connectivity index (χ4v) is 3.38. The van der Waals surface area contributed by atoms with Crippen molar-refractivity contribution in [3.63, 3.8) is 0 Å². The number of para-hydroxylation sites is 1. The highest BCUT2D eigenvalue weighted by molar-refractivity contribution is 5.66. The van der Waals surface area contributed by atoms with Gasteiger partial charge in [-0.25, -0.2) is 0 Å². The molecule has 0 saturated heterocycles. The van der Waals surface area contributed by atoms with E-state index in [4.69, 9.17) is 4.74 Å². The Bertz CT molecular complexity index is 396. The van der Waals surface area contributed by atoms with Gasteiger partial charge in [0.15, 0.2) is 0 Å². The molecule has 3 rings (SSSR count). The number of fused-ring (bicyclic) bond motifs is 1. The van der Waals surface area contributed by atoms with E-state index >= 15 is 0 Å². The molecule has 1 N–H and O–H groups in total. The molecule has 0 radical (unpaired) electrons. The second-order valence-electron chi connectivity index (χ2n) is 5.35. The smallest absolute Gasteiger partial charge is 0.142 e. The van der Waals surface area contributed by atoms with Crippen LogP contribution in [0, 0.1) is 5.92 Å². The molecule has 0 amide bonds. The minimum absolute atomic E-state index is 0.640. The summed E-state index contributed by atoms with van der Waals surface area (Å²) >= 11 is 0. The molecule has 2 aliphatic rings. The van der Waals surface area contributed by atoms with Gasteiger partial charge in [0.1, 0.15) is 5.75 Å². The number of ether oxygens (including phenoxy) is 1. The maximum Gasteiger partial charge on any atom is 0.142 e. The maximum absolute atomic E-state index is 5.43. The van der Waals surface area contributed by atoms with Crippen LogP contribution in [0.1, 0.15) is 37.7 Å². The molecule has 1 heterocycles. The van der Waals surface area contributed by atoms with Crippen LogP contribution >= 0.6 is 0 Å². The molecule has 1 fully saturated rings. The van der Waals surface area contributed by atoms with Crippen LogP contribution in [-0.2, 0) is 6.42 Å². The van der Waals surface area contributed by atoms with Gasteiger partial charge >= 0.3 is 0 Å². The zero-order chi connectivity index (χ0) is 11.7. The first kappa shape index (κ1) is 10.9. The second kappa shape index (κ2) is 4.59. The topological polar surface area (TPSA) is 21.3 Å². The van der Waals surface area contributed by atoms with E-state index in [1.807, 2.05) is 0 Å². The van der Waals surface area contributed by atoms with E-state index in [0.29, 0.717) is 6.04 Å². The largest absolute Gasteiger partial charge is 0.495 e. The minimum Gasteiger partial charge on any atom is -0.495 e. The van der Waals surface area contributed by atoms with Gasteiger partial charge < -0.3 is 10.1 Å². The molecule has 2 nitrogen and oxygen atoms in total. The molecule has 2 heteroatoms. The third-order valence-corrected chi connectivity index (χ3v) is 4.32. The number of hydrogen-bond acceptors (Lipinski definition) is 2. The highest BCUT2D eigenvalue weighted by Crippen LogP contribution is 2.39. The Morgan fingerprint density at radius 2 is 2.00 bits per heavy atom. The van der Waals surface area contributed by atoms with E-state index in [1.165, 1.54) is 49.8 Å². The van der Waals surface area contributed by atoms with Gasteiger partial charge in [0.25, 0.3) is 0 Å². The normalized spacial score (nSPS) is 24.2. The van der Waals surface area contributed by atoms with E-state index < -0.39 is 0 Å². The van der Waals surface area contributed by atoms with Crippen molar-refractivity contribution in [2.75, 3.05) is 12.4 Å². The first-order valence-corrected chi connectivity index (χ1v) is 6.81. The summed E-state index contributed by atoms with van der Waals surface area (Å²) < 4.78 is 5.43. The highest BCUT2D eigenvalue weighted by Gasteiger charge is 2.30. The van der Waals surface area contributed by atoms with E-state index in [1.54, 1.807) is 7.11 Å². The van der Waals surface area contributed by atoms with Gasteiger partial charge in [0.2, 0.25) is 0 Å².